The van der Waals surface area contributed by atoms with Gasteiger partial charge in [0.05, 0.1) is 12.1 Å². The van der Waals surface area contributed by atoms with Crippen LogP contribution in [0.2, 0.25) is 0 Å². The molecule has 2 aromatic heterocycles. The topological polar surface area (TPSA) is 90.7 Å². The number of anilines is 1. The van der Waals surface area contributed by atoms with Gasteiger partial charge in [0.15, 0.2) is 0 Å². The lowest BCUT2D eigenvalue weighted by atomic mass is 9.73. The Hall–Kier alpha value is -3.37. The van der Waals surface area contributed by atoms with E-state index in [0.29, 0.717) is 44.8 Å². The van der Waals surface area contributed by atoms with E-state index in [9.17, 15) is 18.4 Å². The van der Waals surface area contributed by atoms with E-state index in [1.54, 1.807) is 27.8 Å². The number of nitrogens with zero attached hydrogens (tertiary/aromatic N) is 4. The van der Waals surface area contributed by atoms with E-state index in [0.717, 1.165) is 22.0 Å². The molecular formula is C32H41F2N5O3. The van der Waals surface area contributed by atoms with Crippen molar-refractivity contribution in [1.82, 2.24) is 19.4 Å². The molecular weight excluding hydrogens is 540 g/mol. The first-order valence-electron chi connectivity index (χ1n) is 14.9. The molecule has 3 heterocycles. The molecule has 10 heteroatoms. The maximum Gasteiger partial charge on any atom is 0.251 e. The fraction of sp³-hybridized carbons (Fsp3) is 0.531. The Balaban J connectivity index is 1.35. The zero-order chi connectivity index (χ0) is 30.1. The third kappa shape index (κ3) is 6.06. The highest BCUT2D eigenvalue weighted by Gasteiger charge is 2.48. The zero-order valence-electron chi connectivity index (χ0n) is 24.7. The van der Waals surface area contributed by atoms with Gasteiger partial charge in [0.25, 0.3) is 5.56 Å². The molecule has 42 heavy (non-hydrogen) atoms. The number of pyridine rings is 2. The molecule has 1 amide bonds. The van der Waals surface area contributed by atoms with Gasteiger partial charge < -0.3 is 19.9 Å². The van der Waals surface area contributed by atoms with Gasteiger partial charge in [-0.3, -0.25) is 14.5 Å². The highest BCUT2D eigenvalue weighted by Crippen LogP contribution is 2.48. The van der Waals surface area contributed by atoms with Crippen molar-refractivity contribution < 1.29 is 18.7 Å². The Labute approximate surface area is 245 Å². The SMILES string of the molecule is CC(C)n1c(=O)ccc2cnc(N[C@@H](C)c3ccc(C4(N5CCN(C(=O)CCO)CC5)CCC(F)(F)CC4)cc3)cc21. The number of aromatic nitrogens is 2. The Bertz CT molecular complexity index is 1460. The lowest BCUT2D eigenvalue weighted by molar-refractivity contribution is -0.136. The number of carbonyl (C=O) groups excluding carboxylic acids is 1. The van der Waals surface area contributed by atoms with Crippen molar-refractivity contribution in [3.63, 3.8) is 0 Å². The standard InChI is InChI=1S/C32H41F2N5O3/c1-22(2)39-27-20-28(35-21-25(27)6-9-30(39)42)36-23(3)24-4-7-26(8-5-24)31(11-13-32(33,34)14-12-31)38-17-15-37(16-18-38)29(41)10-19-40/h4-9,20-23,40H,10-19H2,1-3H3,(H,35,36)/t23-/m0/s1. The first-order chi connectivity index (χ1) is 20.0. The molecule has 1 saturated heterocycles. The average Bonchev–Trinajstić information content (AvgIpc) is 2.97. The minimum Gasteiger partial charge on any atom is -0.396 e. The second-order valence-electron chi connectivity index (χ2n) is 12.0. The molecule has 5 rings (SSSR count). The highest BCUT2D eigenvalue weighted by molar-refractivity contribution is 5.80. The van der Waals surface area contributed by atoms with Gasteiger partial charge in [0, 0.05) is 86.8 Å². The smallest absolute Gasteiger partial charge is 0.251 e. The first-order valence-corrected chi connectivity index (χ1v) is 14.9. The highest BCUT2D eigenvalue weighted by atomic mass is 19.3. The van der Waals surface area contributed by atoms with Crippen LogP contribution in [0.15, 0.2) is 53.5 Å². The third-order valence-electron chi connectivity index (χ3n) is 9.02. The van der Waals surface area contributed by atoms with E-state index >= 15 is 0 Å². The molecule has 1 atom stereocenters. The van der Waals surface area contributed by atoms with E-state index in [2.05, 4.69) is 27.3 Å². The van der Waals surface area contributed by atoms with E-state index in [-0.39, 0.29) is 49.4 Å². The molecule has 0 radical (unpaired) electrons. The Morgan fingerprint density at radius 3 is 2.29 bits per heavy atom. The number of aliphatic hydroxyl groups excluding tert-OH is 1. The van der Waals surface area contributed by atoms with Gasteiger partial charge in [-0.25, -0.2) is 13.8 Å². The number of amides is 1. The molecule has 1 saturated carbocycles. The Morgan fingerprint density at radius 1 is 1.00 bits per heavy atom. The molecule has 3 aromatic rings. The maximum atomic E-state index is 14.3. The molecule has 0 spiro atoms. The summed E-state index contributed by atoms with van der Waals surface area (Å²) in [6, 6.07) is 13.4. The van der Waals surface area contributed by atoms with E-state index in [1.165, 1.54) is 0 Å². The largest absolute Gasteiger partial charge is 0.396 e. The predicted molar refractivity (Wildman–Crippen MR) is 160 cm³/mol. The van der Waals surface area contributed by atoms with Gasteiger partial charge in [-0.15, -0.1) is 0 Å². The predicted octanol–water partition coefficient (Wildman–Crippen LogP) is 5.08. The summed E-state index contributed by atoms with van der Waals surface area (Å²) in [5.74, 6) is -2.06. The van der Waals surface area contributed by atoms with Crippen LogP contribution in [0.5, 0.6) is 0 Å². The Kier molecular flexibility index (Phi) is 8.66. The van der Waals surface area contributed by atoms with Crippen molar-refractivity contribution in [2.45, 2.75) is 76.4 Å². The summed E-state index contributed by atoms with van der Waals surface area (Å²) >= 11 is 0. The number of hydrogen-bond donors (Lipinski definition) is 2. The van der Waals surface area contributed by atoms with Crippen LogP contribution in [0.3, 0.4) is 0 Å². The number of aliphatic hydroxyl groups is 1. The second kappa shape index (κ2) is 12.1. The van der Waals surface area contributed by atoms with Crippen LogP contribution in [-0.4, -0.2) is 69.1 Å². The van der Waals surface area contributed by atoms with Crippen LogP contribution < -0.4 is 10.9 Å². The average molecular weight is 582 g/mol. The van der Waals surface area contributed by atoms with E-state index in [1.807, 2.05) is 39.0 Å². The van der Waals surface area contributed by atoms with Gasteiger partial charge in [-0.1, -0.05) is 24.3 Å². The van der Waals surface area contributed by atoms with Gasteiger partial charge in [0.2, 0.25) is 11.8 Å². The number of piperazine rings is 1. The zero-order valence-corrected chi connectivity index (χ0v) is 24.7. The fourth-order valence-electron chi connectivity index (χ4n) is 6.61. The van der Waals surface area contributed by atoms with Crippen LogP contribution in [0.4, 0.5) is 14.6 Å². The number of fused-ring (bicyclic) bond motifs is 1. The monoisotopic (exact) mass is 581 g/mol. The summed E-state index contributed by atoms with van der Waals surface area (Å²) in [4.78, 5) is 33.4. The van der Waals surface area contributed by atoms with Crippen LogP contribution in [0.1, 0.15) is 76.1 Å². The lowest BCUT2D eigenvalue weighted by Gasteiger charge is -2.51. The van der Waals surface area contributed by atoms with Crippen LogP contribution >= 0.6 is 0 Å². The molecule has 2 aliphatic rings. The van der Waals surface area contributed by atoms with Crippen molar-refractivity contribution >= 4 is 22.6 Å². The van der Waals surface area contributed by atoms with Gasteiger partial charge in [-0.2, -0.15) is 0 Å². The van der Waals surface area contributed by atoms with Gasteiger partial charge in [0.1, 0.15) is 5.82 Å². The van der Waals surface area contributed by atoms with E-state index in [4.69, 9.17) is 5.11 Å². The second-order valence-corrected chi connectivity index (χ2v) is 12.0. The van der Waals surface area contributed by atoms with E-state index < -0.39 is 11.5 Å². The number of rotatable bonds is 8. The number of hydrogen-bond acceptors (Lipinski definition) is 6. The van der Waals surface area contributed by atoms with Crippen LogP contribution in [0, 0.1) is 0 Å². The number of halogens is 2. The molecule has 1 aliphatic heterocycles. The summed E-state index contributed by atoms with van der Waals surface area (Å²) in [7, 11) is 0. The molecule has 0 unspecified atom stereocenters. The molecule has 0 bridgehead atoms. The van der Waals surface area contributed by atoms with Crippen molar-refractivity contribution in [1.29, 1.82) is 0 Å². The summed E-state index contributed by atoms with van der Waals surface area (Å²) in [5, 5.41) is 13.5. The molecule has 2 fully saturated rings. The van der Waals surface area contributed by atoms with Crippen molar-refractivity contribution in [2.75, 3.05) is 38.1 Å². The molecule has 1 aromatic carbocycles. The van der Waals surface area contributed by atoms with Gasteiger partial charge >= 0.3 is 0 Å². The number of carbonyl (C=O) groups is 1. The number of nitrogens with one attached hydrogen (secondary N) is 1. The van der Waals surface area contributed by atoms with Crippen LogP contribution in [0.25, 0.3) is 10.9 Å². The molecule has 1 aliphatic carbocycles. The minimum absolute atomic E-state index is 0.0116. The number of benzene rings is 1. The quantitative estimate of drug-likeness (QED) is 0.386. The first kappa shape index (κ1) is 30.1. The number of alkyl halides is 2. The normalized spacial score (nSPS) is 19.6. The van der Waals surface area contributed by atoms with Crippen LogP contribution in [-0.2, 0) is 10.3 Å². The lowest BCUT2D eigenvalue weighted by Crippen LogP contribution is -2.58. The molecule has 2 N–H and O–H groups in total. The Morgan fingerprint density at radius 2 is 1.67 bits per heavy atom. The van der Waals surface area contributed by atoms with Crippen molar-refractivity contribution in [3.8, 4) is 0 Å². The summed E-state index contributed by atoms with van der Waals surface area (Å²) in [6.45, 7) is 8.10. The van der Waals surface area contributed by atoms with Crippen molar-refractivity contribution in [3.05, 3.63) is 70.1 Å². The fourth-order valence-corrected chi connectivity index (χ4v) is 6.61. The molecule has 8 nitrogen and oxygen atoms in total. The third-order valence-corrected chi connectivity index (χ3v) is 9.02. The van der Waals surface area contributed by atoms with Gasteiger partial charge in [-0.05, 0) is 50.8 Å². The molecule has 226 valence electrons. The maximum absolute atomic E-state index is 14.3. The summed E-state index contributed by atoms with van der Waals surface area (Å²) in [6.07, 6.45) is 2.27. The summed E-state index contributed by atoms with van der Waals surface area (Å²) in [5.41, 5.74) is 2.32. The van der Waals surface area contributed by atoms with Crippen molar-refractivity contribution in [2.24, 2.45) is 0 Å². The minimum atomic E-state index is -2.66. The summed E-state index contributed by atoms with van der Waals surface area (Å²) < 4.78 is 30.4.